The van der Waals surface area contributed by atoms with Crippen molar-refractivity contribution in [2.75, 3.05) is 11.5 Å². The third-order valence-corrected chi connectivity index (χ3v) is 4.88. The second kappa shape index (κ2) is 8.27. The molecule has 1 aliphatic rings. The Morgan fingerprint density at radius 1 is 1.21 bits per heavy atom. The molecule has 1 aliphatic heterocycles. The standard InChI is InChI=1S/C21H15IN2O4/c1-3-10-28-18-9-8-14(12-16(18)22)11-15-19(25)23-21(27)24(20(15)26)17-7-5-4-6-13(17)2/h1,4-9,11-12H,10H2,2H3,(H,23,25,27)/b15-11+. The van der Waals surface area contributed by atoms with E-state index >= 15 is 0 Å². The molecule has 1 N–H and O–H groups in total. The molecule has 2 aromatic rings. The molecular formula is C21H15IN2O4. The van der Waals surface area contributed by atoms with Crippen LogP contribution in [0.25, 0.3) is 6.08 Å². The lowest BCUT2D eigenvalue weighted by Crippen LogP contribution is -2.54. The van der Waals surface area contributed by atoms with Gasteiger partial charge in [-0.05, 0) is 64.9 Å². The Labute approximate surface area is 175 Å². The van der Waals surface area contributed by atoms with Crippen LogP contribution in [0.1, 0.15) is 11.1 Å². The van der Waals surface area contributed by atoms with Gasteiger partial charge in [0, 0.05) is 0 Å². The number of carbonyl (C=O) groups excluding carboxylic acids is 3. The molecule has 0 radical (unpaired) electrons. The summed E-state index contributed by atoms with van der Waals surface area (Å²) in [5.41, 5.74) is 1.66. The van der Waals surface area contributed by atoms with Crippen LogP contribution in [0.2, 0.25) is 0 Å². The van der Waals surface area contributed by atoms with Crippen molar-refractivity contribution in [1.29, 1.82) is 0 Å². The Bertz CT molecular complexity index is 1050. The molecule has 0 aliphatic carbocycles. The van der Waals surface area contributed by atoms with Crippen LogP contribution in [0.15, 0.2) is 48.0 Å². The molecular weight excluding hydrogens is 471 g/mol. The van der Waals surface area contributed by atoms with E-state index in [0.717, 1.165) is 14.0 Å². The zero-order valence-electron chi connectivity index (χ0n) is 14.9. The van der Waals surface area contributed by atoms with E-state index in [1.54, 1.807) is 49.4 Å². The molecule has 1 saturated heterocycles. The summed E-state index contributed by atoms with van der Waals surface area (Å²) in [5, 5.41) is 2.22. The van der Waals surface area contributed by atoms with E-state index in [-0.39, 0.29) is 12.2 Å². The van der Waals surface area contributed by atoms with Crippen LogP contribution in [-0.2, 0) is 9.59 Å². The number of amides is 4. The minimum atomic E-state index is -0.769. The number of terminal acetylenes is 1. The number of halogens is 1. The second-order valence-corrected chi connectivity index (χ2v) is 7.09. The Morgan fingerprint density at radius 2 is 1.96 bits per heavy atom. The van der Waals surface area contributed by atoms with Crippen molar-refractivity contribution in [3.05, 3.63) is 62.7 Å². The predicted molar refractivity (Wildman–Crippen MR) is 114 cm³/mol. The zero-order valence-corrected chi connectivity index (χ0v) is 17.0. The number of carbonyl (C=O) groups is 3. The lowest BCUT2D eigenvalue weighted by molar-refractivity contribution is -0.122. The first-order valence-corrected chi connectivity index (χ1v) is 9.33. The fourth-order valence-corrected chi connectivity index (χ4v) is 3.40. The molecule has 4 amide bonds. The molecule has 2 aromatic carbocycles. The summed E-state index contributed by atoms with van der Waals surface area (Å²) in [6.45, 7) is 1.93. The first-order chi connectivity index (χ1) is 13.4. The minimum Gasteiger partial charge on any atom is -0.480 e. The lowest BCUT2D eigenvalue weighted by atomic mass is 10.1. The maximum Gasteiger partial charge on any atom is 0.335 e. The predicted octanol–water partition coefficient (Wildman–Crippen LogP) is 3.28. The van der Waals surface area contributed by atoms with E-state index in [1.165, 1.54) is 6.08 Å². The monoisotopic (exact) mass is 486 g/mol. The summed E-state index contributed by atoms with van der Waals surface area (Å²) in [4.78, 5) is 38.4. The Morgan fingerprint density at radius 3 is 2.64 bits per heavy atom. The lowest BCUT2D eigenvalue weighted by Gasteiger charge is -2.27. The van der Waals surface area contributed by atoms with E-state index in [4.69, 9.17) is 11.2 Å². The topological polar surface area (TPSA) is 75.7 Å². The molecule has 0 aromatic heterocycles. The summed E-state index contributed by atoms with van der Waals surface area (Å²) < 4.78 is 6.19. The smallest absolute Gasteiger partial charge is 0.335 e. The second-order valence-electron chi connectivity index (χ2n) is 5.93. The molecule has 3 rings (SSSR count). The fourth-order valence-electron chi connectivity index (χ4n) is 2.70. The summed E-state index contributed by atoms with van der Waals surface area (Å²) in [7, 11) is 0. The van der Waals surface area contributed by atoms with Crippen LogP contribution >= 0.6 is 22.6 Å². The van der Waals surface area contributed by atoms with Crippen LogP contribution in [0.4, 0.5) is 10.5 Å². The molecule has 1 fully saturated rings. The van der Waals surface area contributed by atoms with Gasteiger partial charge in [-0.2, -0.15) is 0 Å². The number of nitrogens with one attached hydrogen (secondary N) is 1. The number of barbiturate groups is 1. The van der Waals surface area contributed by atoms with Crippen molar-refractivity contribution in [1.82, 2.24) is 5.32 Å². The van der Waals surface area contributed by atoms with Gasteiger partial charge in [0.05, 0.1) is 9.26 Å². The highest BCUT2D eigenvalue weighted by Crippen LogP contribution is 2.27. The molecule has 0 spiro atoms. The number of hydrogen-bond donors (Lipinski definition) is 1. The number of rotatable bonds is 4. The average molecular weight is 486 g/mol. The highest BCUT2D eigenvalue weighted by atomic mass is 127. The fraction of sp³-hybridized carbons (Fsp3) is 0.0952. The summed E-state index contributed by atoms with van der Waals surface area (Å²) in [6.07, 6.45) is 6.64. The van der Waals surface area contributed by atoms with Gasteiger partial charge in [0.15, 0.2) is 0 Å². The third-order valence-electron chi connectivity index (χ3n) is 4.04. The molecule has 140 valence electrons. The molecule has 0 saturated carbocycles. The summed E-state index contributed by atoms with van der Waals surface area (Å²) in [5.74, 6) is 1.59. The molecule has 0 unspecified atom stereocenters. The number of urea groups is 1. The van der Waals surface area contributed by atoms with Crippen LogP contribution in [0, 0.1) is 22.8 Å². The highest BCUT2D eigenvalue weighted by molar-refractivity contribution is 14.1. The molecule has 6 nitrogen and oxygen atoms in total. The largest absolute Gasteiger partial charge is 0.480 e. The highest BCUT2D eigenvalue weighted by Gasteiger charge is 2.37. The minimum absolute atomic E-state index is 0.129. The summed E-state index contributed by atoms with van der Waals surface area (Å²) >= 11 is 2.08. The van der Waals surface area contributed by atoms with Crippen LogP contribution in [0.3, 0.4) is 0 Å². The van der Waals surface area contributed by atoms with E-state index in [0.29, 0.717) is 17.0 Å². The number of anilines is 1. The van der Waals surface area contributed by atoms with Crippen LogP contribution < -0.4 is 15.0 Å². The third kappa shape index (κ3) is 3.92. The van der Waals surface area contributed by atoms with Crippen molar-refractivity contribution in [2.24, 2.45) is 0 Å². The van der Waals surface area contributed by atoms with Gasteiger partial charge in [-0.3, -0.25) is 14.9 Å². The van der Waals surface area contributed by atoms with Gasteiger partial charge in [-0.15, -0.1) is 6.42 Å². The number of ether oxygens (including phenoxy) is 1. The van der Waals surface area contributed by atoms with E-state index in [2.05, 4.69) is 33.8 Å². The molecule has 28 heavy (non-hydrogen) atoms. The quantitative estimate of drug-likeness (QED) is 0.312. The van der Waals surface area contributed by atoms with Crippen LogP contribution in [-0.4, -0.2) is 24.5 Å². The molecule has 7 heteroatoms. The number of benzene rings is 2. The molecule has 0 atom stereocenters. The SMILES string of the molecule is C#CCOc1ccc(/C=C2\C(=O)NC(=O)N(c3ccccc3C)C2=O)cc1I. The molecule has 0 bridgehead atoms. The van der Waals surface area contributed by atoms with Crippen LogP contribution in [0.5, 0.6) is 5.75 Å². The maximum absolute atomic E-state index is 12.9. The first-order valence-electron chi connectivity index (χ1n) is 8.25. The number of nitrogens with zero attached hydrogens (tertiary/aromatic N) is 1. The van der Waals surface area contributed by atoms with Crippen molar-refractivity contribution >= 4 is 52.2 Å². The zero-order chi connectivity index (χ0) is 20.3. The Kier molecular flexibility index (Phi) is 5.80. The Balaban J connectivity index is 1.97. The van der Waals surface area contributed by atoms with Gasteiger partial charge in [0.1, 0.15) is 17.9 Å². The number of hydrogen-bond acceptors (Lipinski definition) is 4. The van der Waals surface area contributed by atoms with Gasteiger partial charge in [-0.25, -0.2) is 9.69 Å². The maximum atomic E-state index is 12.9. The van der Waals surface area contributed by atoms with Crippen molar-refractivity contribution in [3.63, 3.8) is 0 Å². The first kappa shape index (κ1) is 19.6. The van der Waals surface area contributed by atoms with E-state index in [9.17, 15) is 14.4 Å². The number of para-hydroxylation sites is 1. The van der Waals surface area contributed by atoms with Crippen molar-refractivity contribution in [2.45, 2.75) is 6.92 Å². The average Bonchev–Trinajstić information content (AvgIpc) is 2.66. The number of imide groups is 2. The van der Waals surface area contributed by atoms with E-state index in [1.807, 2.05) is 0 Å². The summed E-state index contributed by atoms with van der Waals surface area (Å²) in [6, 6.07) is 11.4. The van der Waals surface area contributed by atoms with Crippen molar-refractivity contribution in [3.8, 4) is 18.1 Å². The van der Waals surface area contributed by atoms with Gasteiger partial charge in [0.25, 0.3) is 11.8 Å². The van der Waals surface area contributed by atoms with Gasteiger partial charge in [0.2, 0.25) is 0 Å². The van der Waals surface area contributed by atoms with E-state index < -0.39 is 17.8 Å². The number of aryl methyl sites for hydroxylation is 1. The van der Waals surface area contributed by atoms with Crippen molar-refractivity contribution < 1.29 is 19.1 Å². The van der Waals surface area contributed by atoms with Gasteiger partial charge in [-0.1, -0.05) is 30.2 Å². The normalized spacial score (nSPS) is 15.4. The van der Waals surface area contributed by atoms with Gasteiger partial charge < -0.3 is 4.74 Å². The van der Waals surface area contributed by atoms with Gasteiger partial charge >= 0.3 is 6.03 Å². The Hall–Kier alpha value is -3.12. The molecule has 1 heterocycles.